The molecule has 3 nitrogen and oxygen atoms in total. The van der Waals surface area contributed by atoms with Gasteiger partial charge in [0.2, 0.25) is 0 Å². The Balaban J connectivity index is 2.31. The standard InChI is InChI=1S/C15H13BrFNO2/c1-20-15(19)14(10-6-8-11(17)9-7-10)18-13-5-3-2-4-12(13)16/h2-9,14,18H,1H3. The van der Waals surface area contributed by atoms with Gasteiger partial charge in [0.1, 0.15) is 5.82 Å². The van der Waals surface area contributed by atoms with Gasteiger partial charge in [0, 0.05) is 10.2 Å². The fourth-order valence-electron chi connectivity index (χ4n) is 1.79. The first-order valence-electron chi connectivity index (χ1n) is 5.96. The normalized spacial score (nSPS) is 11.8. The van der Waals surface area contributed by atoms with E-state index < -0.39 is 12.0 Å². The van der Waals surface area contributed by atoms with Crippen molar-refractivity contribution < 1.29 is 13.9 Å². The van der Waals surface area contributed by atoms with Gasteiger partial charge in [-0.25, -0.2) is 9.18 Å². The molecule has 0 radical (unpaired) electrons. The highest BCUT2D eigenvalue weighted by atomic mass is 79.9. The summed E-state index contributed by atoms with van der Waals surface area (Å²) in [6, 6.07) is 12.5. The number of benzene rings is 2. The first-order valence-corrected chi connectivity index (χ1v) is 6.75. The highest BCUT2D eigenvalue weighted by Crippen LogP contribution is 2.27. The highest BCUT2D eigenvalue weighted by Gasteiger charge is 2.21. The van der Waals surface area contributed by atoms with Crippen LogP contribution in [0.25, 0.3) is 0 Å². The van der Waals surface area contributed by atoms with Crippen molar-refractivity contribution in [3.63, 3.8) is 0 Å². The molecule has 0 bridgehead atoms. The minimum atomic E-state index is -0.695. The number of carbonyl (C=O) groups is 1. The average Bonchev–Trinajstić information content (AvgIpc) is 2.47. The van der Waals surface area contributed by atoms with E-state index in [0.717, 1.165) is 10.2 Å². The molecule has 0 saturated heterocycles. The van der Waals surface area contributed by atoms with Gasteiger partial charge in [-0.1, -0.05) is 24.3 Å². The third kappa shape index (κ3) is 3.36. The molecule has 0 fully saturated rings. The summed E-state index contributed by atoms with van der Waals surface area (Å²) in [7, 11) is 1.32. The van der Waals surface area contributed by atoms with Gasteiger partial charge < -0.3 is 10.1 Å². The number of hydrogen-bond donors (Lipinski definition) is 1. The van der Waals surface area contributed by atoms with Crippen LogP contribution in [0.4, 0.5) is 10.1 Å². The summed E-state index contributed by atoms with van der Waals surface area (Å²) in [6.07, 6.45) is 0. The van der Waals surface area contributed by atoms with Crippen LogP contribution >= 0.6 is 15.9 Å². The Morgan fingerprint density at radius 3 is 2.45 bits per heavy atom. The van der Waals surface area contributed by atoms with Crippen LogP contribution < -0.4 is 5.32 Å². The van der Waals surface area contributed by atoms with Crippen LogP contribution in [-0.4, -0.2) is 13.1 Å². The van der Waals surface area contributed by atoms with Gasteiger partial charge in [-0.3, -0.25) is 0 Å². The topological polar surface area (TPSA) is 38.3 Å². The Kier molecular flexibility index (Phi) is 4.74. The second-order valence-corrected chi connectivity index (χ2v) is 4.99. The molecule has 104 valence electrons. The third-order valence-electron chi connectivity index (χ3n) is 2.81. The van der Waals surface area contributed by atoms with E-state index in [1.165, 1.54) is 19.2 Å². The van der Waals surface area contributed by atoms with E-state index in [1.54, 1.807) is 12.1 Å². The molecule has 0 heterocycles. The zero-order valence-corrected chi connectivity index (χ0v) is 12.4. The summed E-state index contributed by atoms with van der Waals surface area (Å²) in [5.41, 5.74) is 1.39. The monoisotopic (exact) mass is 337 g/mol. The largest absolute Gasteiger partial charge is 0.467 e. The summed E-state index contributed by atoms with van der Waals surface area (Å²) in [6.45, 7) is 0. The van der Waals surface area contributed by atoms with Gasteiger partial charge >= 0.3 is 5.97 Å². The number of rotatable bonds is 4. The summed E-state index contributed by atoms with van der Waals surface area (Å²) in [5, 5.41) is 3.09. The molecule has 5 heteroatoms. The number of carbonyl (C=O) groups excluding carboxylic acids is 1. The second-order valence-electron chi connectivity index (χ2n) is 4.13. The maximum atomic E-state index is 13.0. The first kappa shape index (κ1) is 14.5. The number of halogens is 2. The SMILES string of the molecule is COC(=O)C(Nc1ccccc1Br)c1ccc(F)cc1. The third-order valence-corrected chi connectivity index (χ3v) is 3.51. The van der Waals surface area contributed by atoms with E-state index in [-0.39, 0.29) is 5.82 Å². The summed E-state index contributed by atoms with van der Waals surface area (Å²) in [4.78, 5) is 11.9. The molecular weight excluding hydrogens is 325 g/mol. The maximum absolute atomic E-state index is 13.0. The molecule has 20 heavy (non-hydrogen) atoms. The van der Waals surface area contributed by atoms with Gasteiger partial charge in [-0.15, -0.1) is 0 Å². The minimum absolute atomic E-state index is 0.349. The molecule has 2 aromatic rings. The molecule has 0 aliphatic rings. The van der Waals surface area contributed by atoms with Crippen molar-refractivity contribution in [3.05, 3.63) is 64.4 Å². The van der Waals surface area contributed by atoms with Gasteiger partial charge in [0.05, 0.1) is 7.11 Å². The quantitative estimate of drug-likeness (QED) is 0.859. The predicted octanol–water partition coefficient (Wildman–Crippen LogP) is 3.91. The van der Waals surface area contributed by atoms with Gasteiger partial charge in [0.25, 0.3) is 0 Å². The molecule has 0 spiro atoms. The van der Waals surface area contributed by atoms with Crippen LogP contribution in [0.2, 0.25) is 0 Å². The van der Waals surface area contributed by atoms with Crippen molar-refractivity contribution >= 4 is 27.6 Å². The lowest BCUT2D eigenvalue weighted by Crippen LogP contribution is -2.22. The molecule has 1 atom stereocenters. The molecule has 1 unspecified atom stereocenters. The fourth-order valence-corrected chi connectivity index (χ4v) is 2.18. The summed E-state index contributed by atoms with van der Waals surface area (Å²) < 4.78 is 18.6. The van der Waals surface area contributed by atoms with Gasteiger partial charge in [-0.05, 0) is 45.8 Å². The number of ether oxygens (including phenoxy) is 1. The average molecular weight is 338 g/mol. The Labute approximate surface area is 124 Å². The Hall–Kier alpha value is -1.88. The van der Waals surface area contributed by atoms with Crippen molar-refractivity contribution in [1.29, 1.82) is 0 Å². The lowest BCUT2D eigenvalue weighted by Gasteiger charge is -2.19. The lowest BCUT2D eigenvalue weighted by molar-refractivity contribution is -0.141. The second kappa shape index (κ2) is 6.52. The zero-order valence-electron chi connectivity index (χ0n) is 10.8. The van der Waals surface area contributed by atoms with Crippen LogP contribution in [0.15, 0.2) is 53.0 Å². The van der Waals surface area contributed by atoms with E-state index >= 15 is 0 Å². The van der Waals surface area contributed by atoms with Crippen LogP contribution in [0.3, 0.4) is 0 Å². The Morgan fingerprint density at radius 1 is 1.20 bits per heavy atom. The summed E-state index contributed by atoms with van der Waals surface area (Å²) >= 11 is 3.41. The van der Waals surface area contributed by atoms with Crippen LogP contribution in [0.1, 0.15) is 11.6 Å². The fraction of sp³-hybridized carbons (Fsp3) is 0.133. The van der Waals surface area contributed by atoms with Crippen LogP contribution in [0.5, 0.6) is 0 Å². The van der Waals surface area contributed by atoms with Crippen LogP contribution in [-0.2, 0) is 9.53 Å². The van der Waals surface area contributed by atoms with Crippen LogP contribution in [0, 0.1) is 5.82 Å². The van der Waals surface area contributed by atoms with Crippen molar-refractivity contribution in [2.45, 2.75) is 6.04 Å². The van der Waals surface area contributed by atoms with Gasteiger partial charge in [0.15, 0.2) is 6.04 Å². The number of methoxy groups -OCH3 is 1. The van der Waals surface area contributed by atoms with Crippen molar-refractivity contribution in [2.24, 2.45) is 0 Å². The molecular formula is C15H13BrFNO2. The Morgan fingerprint density at radius 2 is 1.85 bits per heavy atom. The number of para-hydroxylation sites is 1. The highest BCUT2D eigenvalue weighted by molar-refractivity contribution is 9.10. The van der Waals surface area contributed by atoms with Crippen molar-refractivity contribution in [3.8, 4) is 0 Å². The molecule has 2 rings (SSSR count). The molecule has 0 amide bonds. The van der Waals surface area contributed by atoms with E-state index in [4.69, 9.17) is 4.74 Å². The minimum Gasteiger partial charge on any atom is -0.467 e. The molecule has 0 saturated carbocycles. The summed E-state index contributed by atoms with van der Waals surface area (Å²) in [5.74, 6) is -0.786. The molecule has 0 aliphatic carbocycles. The number of hydrogen-bond acceptors (Lipinski definition) is 3. The molecule has 0 aliphatic heterocycles. The lowest BCUT2D eigenvalue weighted by atomic mass is 10.1. The Bertz CT molecular complexity index is 601. The van der Waals surface area contributed by atoms with Crippen molar-refractivity contribution in [2.75, 3.05) is 12.4 Å². The number of anilines is 1. The maximum Gasteiger partial charge on any atom is 0.332 e. The van der Waals surface area contributed by atoms with E-state index in [0.29, 0.717) is 5.56 Å². The van der Waals surface area contributed by atoms with E-state index in [2.05, 4.69) is 21.2 Å². The number of esters is 1. The first-order chi connectivity index (χ1) is 9.61. The smallest absolute Gasteiger partial charge is 0.332 e. The predicted molar refractivity (Wildman–Crippen MR) is 78.9 cm³/mol. The van der Waals surface area contributed by atoms with E-state index in [1.807, 2.05) is 24.3 Å². The molecule has 0 aromatic heterocycles. The number of nitrogens with one attached hydrogen (secondary N) is 1. The molecule has 1 N–H and O–H groups in total. The van der Waals surface area contributed by atoms with Gasteiger partial charge in [-0.2, -0.15) is 0 Å². The van der Waals surface area contributed by atoms with Crippen molar-refractivity contribution in [1.82, 2.24) is 0 Å². The zero-order chi connectivity index (χ0) is 14.5. The van der Waals surface area contributed by atoms with E-state index in [9.17, 15) is 9.18 Å². The molecule has 2 aromatic carbocycles.